The van der Waals surface area contributed by atoms with E-state index in [0.29, 0.717) is 13.2 Å². The number of halogens is 1. The number of guanidine groups is 1. The number of nitrogens with zero attached hydrogens (tertiary/aromatic N) is 2. The van der Waals surface area contributed by atoms with Crippen molar-refractivity contribution in [3.05, 3.63) is 39.8 Å². The number of aryl methyl sites for hydroxylation is 1. The van der Waals surface area contributed by atoms with Crippen molar-refractivity contribution in [2.45, 2.75) is 26.8 Å². The maximum atomic E-state index is 5.54. The van der Waals surface area contributed by atoms with Gasteiger partial charge in [0.25, 0.3) is 0 Å². The fourth-order valence-corrected chi connectivity index (χ4v) is 3.09. The molecule has 0 atom stereocenters. The fourth-order valence-electron chi connectivity index (χ4n) is 2.31. The second kappa shape index (κ2) is 11.9. The van der Waals surface area contributed by atoms with Crippen molar-refractivity contribution in [3.63, 3.8) is 0 Å². The van der Waals surface area contributed by atoms with Crippen LogP contribution in [0.3, 0.4) is 0 Å². The summed E-state index contributed by atoms with van der Waals surface area (Å²) in [6.45, 7) is 6.08. The molecule has 1 aromatic heterocycles. The first-order chi connectivity index (χ1) is 12.2. The Balaban J connectivity index is 0.00000338. The Hall–Kier alpha value is -1.55. The first-order valence-corrected chi connectivity index (χ1v) is 9.13. The average molecular weight is 490 g/mol. The SMILES string of the molecule is CCOc1ccc(CNC(=NC)NCCc2ncc(C)s2)cc1OC.I. The van der Waals surface area contributed by atoms with Gasteiger partial charge in [-0.1, -0.05) is 6.07 Å². The zero-order valence-corrected chi connectivity index (χ0v) is 18.8. The van der Waals surface area contributed by atoms with Gasteiger partial charge >= 0.3 is 0 Å². The Bertz CT molecular complexity index is 706. The normalized spacial score (nSPS) is 10.8. The van der Waals surface area contributed by atoms with Crippen molar-refractivity contribution >= 4 is 41.3 Å². The summed E-state index contributed by atoms with van der Waals surface area (Å²) in [4.78, 5) is 9.86. The average Bonchev–Trinajstić information content (AvgIpc) is 3.04. The van der Waals surface area contributed by atoms with Crippen LogP contribution in [0.15, 0.2) is 29.4 Å². The molecule has 0 saturated carbocycles. The fraction of sp³-hybridized carbons (Fsp3) is 0.444. The number of rotatable bonds is 8. The Morgan fingerprint density at radius 3 is 2.69 bits per heavy atom. The molecule has 0 aliphatic carbocycles. The summed E-state index contributed by atoms with van der Waals surface area (Å²) in [5.41, 5.74) is 1.10. The van der Waals surface area contributed by atoms with Gasteiger partial charge < -0.3 is 20.1 Å². The van der Waals surface area contributed by atoms with Crippen LogP contribution in [0.4, 0.5) is 0 Å². The summed E-state index contributed by atoms with van der Waals surface area (Å²) >= 11 is 1.73. The van der Waals surface area contributed by atoms with Gasteiger partial charge in [-0.15, -0.1) is 35.3 Å². The second-order valence-electron chi connectivity index (χ2n) is 5.39. The minimum Gasteiger partial charge on any atom is -0.493 e. The van der Waals surface area contributed by atoms with Crippen LogP contribution in [0.1, 0.15) is 22.4 Å². The molecular formula is C18H27IN4O2S. The zero-order valence-electron chi connectivity index (χ0n) is 15.7. The number of benzene rings is 1. The number of methoxy groups -OCH3 is 1. The Labute approximate surface area is 176 Å². The molecule has 26 heavy (non-hydrogen) atoms. The largest absolute Gasteiger partial charge is 0.493 e. The number of aliphatic imine (C=N–C) groups is 1. The topological polar surface area (TPSA) is 67.8 Å². The van der Waals surface area contributed by atoms with Gasteiger partial charge in [0.15, 0.2) is 17.5 Å². The third kappa shape index (κ3) is 6.99. The molecule has 0 radical (unpaired) electrons. The monoisotopic (exact) mass is 490 g/mol. The van der Waals surface area contributed by atoms with Crippen molar-refractivity contribution in [2.75, 3.05) is 27.3 Å². The van der Waals surface area contributed by atoms with Crippen molar-refractivity contribution < 1.29 is 9.47 Å². The second-order valence-corrected chi connectivity index (χ2v) is 6.70. The van der Waals surface area contributed by atoms with E-state index in [-0.39, 0.29) is 24.0 Å². The Morgan fingerprint density at radius 1 is 1.27 bits per heavy atom. The third-order valence-corrected chi connectivity index (χ3v) is 4.48. The minimum atomic E-state index is 0. The van der Waals surface area contributed by atoms with Gasteiger partial charge in [-0.3, -0.25) is 4.99 Å². The maximum absolute atomic E-state index is 5.54. The molecule has 2 N–H and O–H groups in total. The standard InChI is InChI=1S/C18H26N4O2S.HI/c1-5-24-15-7-6-14(10-16(15)23-4)12-22-18(19-3)20-9-8-17-21-11-13(2)25-17;/h6-7,10-11H,5,8-9,12H2,1-4H3,(H2,19,20,22);1H. The molecule has 144 valence electrons. The minimum absolute atomic E-state index is 0. The highest BCUT2D eigenvalue weighted by Crippen LogP contribution is 2.27. The lowest BCUT2D eigenvalue weighted by Crippen LogP contribution is -2.37. The summed E-state index contributed by atoms with van der Waals surface area (Å²) in [5, 5.41) is 7.75. The van der Waals surface area contributed by atoms with Crippen molar-refractivity contribution in [2.24, 2.45) is 4.99 Å². The highest BCUT2D eigenvalue weighted by Gasteiger charge is 2.06. The molecule has 0 spiro atoms. The smallest absolute Gasteiger partial charge is 0.191 e. The summed E-state index contributed by atoms with van der Waals surface area (Å²) in [6, 6.07) is 5.93. The molecule has 8 heteroatoms. The Kier molecular flexibility index (Phi) is 10.3. The van der Waals surface area contributed by atoms with Crippen LogP contribution in [0.25, 0.3) is 0 Å². The van der Waals surface area contributed by atoms with E-state index in [0.717, 1.165) is 41.0 Å². The molecule has 0 aliphatic rings. The summed E-state index contributed by atoms with van der Waals surface area (Å²) in [7, 11) is 3.41. The molecule has 0 unspecified atom stereocenters. The molecule has 0 fully saturated rings. The van der Waals surface area contributed by atoms with Crippen LogP contribution in [0, 0.1) is 6.92 Å². The van der Waals surface area contributed by atoms with Crippen molar-refractivity contribution in [3.8, 4) is 11.5 Å². The lowest BCUT2D eigenvalue weighted by atomic mass is 10.2. The molecule has 0 aliphatic heterocycles. The number of thiazole rings is 1. The maximum Gasteiger partial charge on any atom is 0.191 e. The highest BCUT2D eigenvalue weighted by molar-refractivity contribution is 14.0. The number of ether oxygens (including phenoxy) is 2. The number of hydrogen-bond donors (Lipinski definition) is 2. The first kappa shape index (κ1) is 22.5. The lowest BCUT2D eigenvalue weighted by molar-refractivity contribution is 0.310. The van der Waals surface area contributed by atoms with Gasteiger partial charge in [0.1, 0.15) is 0 Å². The molecule has 1 aromatic carbocycles. The lowest BCUT2D eigenvalue weighted by Gasteiger charge is -2.13. The van der Waals surface area contributed by atoms with Gasteiger partial charge in [-0.05, 0) is 31.5 Å². The van der Waals surface area contributed by atoms with E-state index in [1.807, 2.05) is 31.3 Å². The number of nitrogens with one attached hydrogen (secondary N) is 2. The molecule has 0 bridgehead atoms. The quantitative estimate of drug-likeness (QED) is 0.338. The van der Waals surface area contributed by atoms with Crippen molar-refractivity contribution in [1.29, 1.82) is 0 Å². The highest BCUT2D eigenvalue weighted by atomic mass is 127. The molecule has 0 amide bonds. The molecule has 1 heterocycles. The predicted octanol–water partition coefficient (Wildman–Crippen LogP) is 3.38. The molecule has 0 saturated heterocycles. The zero-order chi connectivity index (χ0) is 18.1. The van der Waals surface area contributed by atoms with Crippen LogP contribution in [-0.2, 0) is 13.0 Å². The molecule has 6 nitrogen and oxygen atoms in total. The van der Waals surface area contributed by atoms with Crippen LogP contribution in [-0.4, -0.2) is 38.3 Å². The van der Waals surface area contributed by atoms with E-state index in [2.05, 4.69) is 27.5 Å². The summed E-state index contributed by atoms with van der Waals surface area (Å²) in [5.74, 6) is 2.26. The van der Waals surface area contributed by atoms with Crippen LogP contribution < -0.4 is 20.1 Å². The van der Waals surface area contributed by atoms with E-state index < -0.39 is 0 Å². The van der Waals surface area contributed by atoms with Crippen LogP contribution in [0.2, 0.25) is 0 Å². The molecule has 2 aromatic rings. The van der Waals surface area contributed by atoms with Crippen LogP contribution in [0.5, 0.6) is 11.5 Å². The van der Waals surface area contributed by atoms with E-state index in [9.17, 15) is 0 Å². The third-order valence-electron chi connectivity index (χ3n) is 3.51. The van der Waals surface area contributed by atoms with Gasteiger partial charge in [-0.2, -0.15) is 0 Å². The first-order valence-electron chi connectivity index (χ1n) is 8.31. The summed E-state index contributed by atoms with van der Waals surface area (Å²) < 4.78 is 10.9. The number of aromatic nitrogens is 1. The van der Waals surface area contributed by atoms with E-state index in [4.69, 9.17) is 9.47 Å². The Morgan fingerprint density at radius 2 is 2.08 bits per heavy atom. The van der Waals surface area contributed by atoms with Crippen LogP contribution >= 0.6 is 35.3 Å². The molecular weight excluding hydrogens is 463 g/mol. The van der Waals surface area contributed by atoms with Gasteiger partial charge in [0.05, 0.1) is 18.7 Å². The van der Waals surface area contributed by atoms with Gasteiger partial charge in [-0.25, -0.2) is 4.98 Å². The van der Waals surface area contributed by atoms with E-state index in [1.54, 1.807) is 25.5 Å². The van der Waals surface area contributed by atoms with Gasteiger partial charge in [0.2, 0.25) is 0 Å². The summed E-state index contributed by atoms with van der Waals surface area (Å²) in [6.07, 6.45) is 2.79. The predicted molar refractivity (Wildman–Crippen MR) is 118 cm³/mol. The number of hydrogen-bond acceptors (Lipinski definition) is 5. The van der Waals surface area contributed by atoms with Gasteiger partial charge in [0, 0.05) is 37.6 Å². The van der Waals surface area contributed by atoms with E-state index >= 15 is 0 Å². The van der Waals surface area contributed by atoms with E-state index in [1.165, 1.54) is 4.88 Å². The van der Waals surface area contributed by atoms with Crippen molar-refractivity contribution in [1.82, 2.24) is 15.6 Å². The molecule has 2 rings (SSSR count).